The van der Waals surface area contributed by atoms with Crippen molar-refractivity contribution in [3.05, 3.63) is 17.1 Å². The molecule has 4 nitrogen and oxygen atoms in total. The molecule has 14 heavy (non-hydrogen) atoms. The highest BCUT2D eigenvalue weighted by Crippen LogP contribution is 2.15. The van der Waals surface area contributed by atoms with Crippen LogP contribution in [0.4, 0.5) is 5.82 Å². The van der Waals surface area contributed by atoms with Crippen LogP contribution < -0.4 is 5.32 Å². The van der Waals surface area contributed by atoms with E-state index in [0.717, 1.165) is 29.3 Å². The Labute approximate surface area is 84.7 Å². The topological polar surface area (TPSA) is 47.0 Å². The minimum atomic E-state index is 0.460. The molecule has 0 aliphatic carbocycles. The van der Waals surface area contributed by atoms with E-state index in [0.29, 0.717) is 6.61 Å². The van der Waals surface area contributed by atoms with Crippen LogP contribution in [0.15, 0.2) is 0 Å². The zero-order valence-electron chi connectivity index (χ0n) is 9.22. The van der Waals surface area contributed by atoms with E-state index >= 15 is 0 Å². The Morgan fingerprint density at radius 1 is 1.36 bits per heavy atom. The van der Waals surface area contributed by atoms with Crippen molar-refractivity contribution in [1.29, 1.82) is 0 Å². The molecular weight excluding hydrogens is 178 g/mol. The van der Waals surface area contributed by atoms with Crippen molar-refractivity contribution in [1.82, 2.24) is 9.97 Å². The molecule has 1 aromatic rings. The molecule has 0 atom stereocenters. The molecule has 0 spiro atoms. The van der Waals surface area contributed by atoms with Gasteiger partial charge in [0.05, 0.1) is 0 Å². The maximum absolute atomic E-state index is 5.01. The Bertz CT molecular complexity index is 287. The Hall–Kier alpha value is -1.16. The molecule has 0 fully saturated rings. The summed E-state index contributed by atoms with van der Waals surface area (Å²) in [5.74, 6) is 1.63. The van der Waals surface area contributed by atoms with Crippen molar-refractivity contribution in [3.63, 3.8) is 0 Å². The van der Waals surface area contributed by atoms with Crippen molar-refractivity contribution in [2.24, 2.45) is 0 Å². The normalized spacial score (nSPS) is 10.3. The largest absolute Gasteiger partial charge is 0.377 e. The summed E-state index contributed by atoms with van der Waals surface area (Å²) in [4.78, 5) is 8.75. The van der Waals surface area contributed by atoms with E-state index < -0.39 is 0 Å². The van der Waals surface area contributed by atoms with Crippen LogP contribution in [0.1, 0.15) is 24.0 Å². The Morgan fingerprint density at radius 2 is 2.07 bits per heavy atom. The fourth-order valence-corrected chi connectivity index (χ4v) is 1.40. The number of aromatic nitrogens is 2. The molecule has 4 heteroatoms. The molecule has 78 valence electrons. The van der Waals surface area contributed by atoms with Gasteiger partial charge < -0.3 is 10.1 Å². The van der Waals surface area contributed by atoms with E-state index in [1.54, 1.807) is 7.11 Å². The summed E-state index contributed by atoms with van der Waals surface area (Å²) in [5, 5.41) is 3.06. The van der Waals surface area contributed by atoms with E-state index in [1.807, 2.05) is 14.0 Å². The Morgan fingerprint density at radius 3 is 2.57 bits per heavy atom. The van der Waals surface area contributed by atoms with Gasteiger partial charge >= 0.3 is 0 Å². The van der Waals surface area contributed by atoms with Crippen LogP contribution in [0.3, 0.4) is 0 Å². The van der Waals surface area contributed by atoms with E-state index in [2.05, 4.69) is 22.2 Å². The fraction of sp³-hybridized carbons (Fsp3) is 0.600. The molecule has 1 aromatic heterocycles. The Kier molecular flexibility index (Phi) is 3.83. The number of nitrogens with zero attached hydrogens (tertiary/aromatic N) is 2. The highest BCUT2D eigenvalue weighted by atomic mass is 16.5. The second-order valence-electron chi connectivity index (χ2n) is 3.10. The second kappa shape index (κ2) is 4.91. The summed E-state index contributed by atoms with van der Waals surface area (Å²) in [7, 11) is 3.51. The first-order valence-corrected chi connectivity index (χ1v) is 4.76. The molecule has 0 amide bonds. The van der Waals surface area contributed by atoms with Gasteiger partial charge in [-0.1, -0.05) is 6.92 Å². The SMILES string of the molecule is CCc1nc(COC)nc(NC)c1C. The van der Waals surface area contributed by atoms with E-state index in [-0.39, 0.29) is 0 Å². The highest BCUT2D eigenvalue weighted by molar-refractivity contribution is 5.45. The molecule has 0 radical (unpaired) electrons. The minimum absolute atomic E-state index is 0.460. The summed E-state index contributed by atoms with van der Waals surface area (Å²) in [5.41, 5.74) is 2.20. The average Bonchev–Trinajstić information content (AvgIpc) is 2.20. The number of methoxy groups -OCH3 is 1. The molecular formula is C10H17N3O. The standard InChI is InChI=1S/C10H17N3O/c1-5-8-7(2)10(11-3)13-9(12-8)6-14-4/h5-6H2,1-4H3,(H,11,12,13). The van der Waals surface area contributed by atoms with Crippen LogP contribution in [-0.2, 0) is 17.8 Å². The van der Waals surface area contributed by atoms with Gasteiger partial charge in [-0.3, -0.25) is 0 Å². The summed E-state index contributed by atoms with van der Waals surface area (Å²) >= 11 is 0. The quantitative estimate of drug-likeness (QED) is 0.791. The average molecular weight is 195 g/mol. The number of nitrogens with one attached hydrogen (secondary N) is 1. The molecule has 0 aliphatic rings. The molecule has 0 aliphatic heterocycles. The van der Waals surface area contributed by atoms with Gasteiger partial charge in [0.25, 0.3) is 0 Å². The van der Waals surface area contributed by atoms with Gasteiger partial charge in [-0.2, -0.15) is 0 Å². The van der Waals surface area contributed by atoms with Gasteiger partial charge in [0, 0.05) is 25.4 Å². The number of hydrogen-bond acceptors (Lipinski definition) is 4. The van der Waals surface area contributed by atoms with E-state index in [1.165, 1.54) is 0 Å². The van der Waals surface area contributed by atoms with E-state index in [4.69, 9.17) is 4.74 Å². The summed E-state index contributed by atoms with van der Waals surface area (Å²) < 4.78 is 5.01. The zero-order valence-corrected chi connectivity index (χ0v) is 9.22. The summed E-state index contributed by atoms with van der Waals surface area (Å²) in [6, 6.07) is 0. The lowest BCUT2D eigenvalue weighted by atomic mass is 10.2. The first-order valence-electron chi connectivity index (χ1n) is 4.76. The second-order valence-corrected chi connectivity index (χ2v) is 3.10. The van der Waals surface area contributed by atoms with Gasteiger partial charge in [-0.05, 0) is 13.3 Å². The van der Waals surface area contributed by atoms with Gasteiger partial charge in [-0.25, -0.2) is 9.97 Å². The lowest BCUT2D eigenvalue weighted by Gasteiger charge is -2.10. The molecule has 0 bridgehead atoms. The molecule has 1 rings (SSSR count). The number of aryl methyl sites for hydroxylation is 1. The van der Waals surface area contributed by atoms with Crippen LogP contribution in [0.2, 0.25) is 0 Å². The van der Waals surface area contributed by atoms with Crippen molar-refractivity contribution in [2.45, 2.75) is 26.9 Å². The Balaban J connectivity index is 3.11. The van der Waals surface area contributed by atoms with Crippen molar-refractivity contribution in [3.8, 4) is 0 Å². The predicted octanol–water partition coefficient (Wildman–Crippen LogP) is 1.54. The summed E-state index contributed by atoms with van der Waals surface area (Å²) in [6.07, 6.45) is 0.916. The predicted molar refractivity (Wildman–Crippen MR) is 56.4 cm³/mol. The van der Waals surface area contributed by atoms with Crippen LogP contribution in [0, 0.1) is 6.92 Å². The number of anilines is 1. The van der Waals surface area contributed by atoms with Crippen LogP contribution in [0.25, 0.3) is 0 Å². The van der Waals surface area contributed by atoms with Gasteiger partial charge in [0.1, 0.15) is 12.4 Å². The van der Waals surface area contributed by atoms with Crippen LogP contribution in [-0.4, -0.2) is 24.1 Å². The van der Waals surface area contributed by atoms with Gasteiger partial charge in [-0.15, -0.1) is 0 Å². The minimum Gasteiger partial charge on any atom is -0.377 e. The fourth-order valence-electron chi connectivity index (χ4n) is 1.40. The first kappa shape index (κ1) is 10.9. The summed E-state index contributed by atoms with van der Waals surface area (Å²) in [6.45, 7) is 4.58. The molecule has 0 unspecified atom stereocenters. The number of rotatable bonds is 4. The van der Waals surface area contributed by atoms with Crippen molar-refractivity contribution >= 4 is 5.82 Å². The molecule has 0 saturated carbocycles. The third-order valence-corrected chi connectivity index (χ3v) is 2.14. The first-order chi connectivity index (χ1) is 6.72. The smallest absolute Gasteiger partial charge is 0.156 e. The monoisotopic (exact) mass is 195 g/mol. The van der Waals surface area contributed by atoms with Gasteiger partial charge in [0.15, 0.2) is 5.82 Å². The zero-order chi connectivity index (χ0) is 10.6. The van der Waals surface area contributed by atoms with Crippen LogP contribution in [0.5, 0.6) is 0 Å². The molecule has 1 N–H and O–H groups in total. The number of hydrogen-bond donors (Lipinski definition) is 1. The third-order valence-electron chi connectivity index (χ3n) is 2.14. The number of ether oxygens (including phenoxy) is 1. The highest BCUT2D eigenvalue weighted by Gasteiger charge is 2.07. The lowest BCUT2D eigenvalue weighted by Crippen LogP contribution is -2.07. The molecule has 0 aromatic carbocycles. The maximum Gasteiger partial charge on any atom is 0.156 e. The van der Waals surface area contributed by atoms with Gasteiger partial charge in [0.2, 0.25) is 0 Å². The van der Waals surface area contributed by atoms with Crippen LogP contribution >= 0.6 is 0 Å². The van der Waals surface area contributed by atoms with Crippen molar-refractivity contribution < 1.29 is 4.74 Å². The van der Waals surface area contributed by atoms with E-state index in [9.17, 15) is 0 Å². The third kappa shape index (κ3) is 2.20. The maximum atomic E-state index is 5.01. The lowest BCUT2D eigenvalue weighted by molar-refractivity contribution is 0.177. The molecule has 0 saturated heterocycles. The molecule has 1 heterocycles. The van der Waals surface area contributed by atoms with Crippen molar-refractivity contribution in [2.75, 3.05) is 19.5 Å².